The topological polar surface area (TPSA) is 15.3 Å². The molecule has 2 heteroatoms. The lowest BCUT2D eigenvalue weighted by molar-refractivity contribution is 0.0498. The van der Waals surface area contributed by atoms with Gasteiger partial charge >= 0.3 is 0 Å². The third-order valence-corrected chi connectivity index (χ3v) is 7.06. The summed E-state index contributed by atoms with van der Waals surface area (Å²) in [6.07, 6.45) is 10.4. The minimum atomic E-state index is 0.364. The molecular weight excluding hydrogens is 244 g/mol. The average molecular weight is 276 g/mol. The van der Waals surface area contributed by atoms with Crippen molar-refractivity contribution < 1.29 is 0 Å². The molecule has 0 aromatic carbocycles. The molecule has 0 amide bonds. The highest BCUT2D eigenvalue weighted by molar-refractivity contribution is 5.01. The van der Waals surface area contributed by atoms with E-state index in [1.54, 1.807) is 25.7 Å². The van der Waals surface area contributed by atoms with E-state index in [1.807, 2.05) is 0 Å². The van der Waals surface area contributed by atoms with Gasteiger partial charge in [-0.25, -0.2) is 0 Å². The number of nitrogens with zero attached hydrogens (tertiary/aromatic N) is 1. The lowest BCUT2D eigenvalue weighted by Gasteiger charge is -2.47. The molecule has 0 spiro atoms. The largest absolute Gasteiger partial charge is 0.309 e. The molecule has 1 heterocycles. The molecule has 0 radical (unpaired) electrons. The minimum absolute atomic E-state index is 0.364. The van der Waals surface area contributed by atoms with Crippen LogP contribution < -0.4 is 5.32 Å². The van der Waals surface area contributed by atoms with Crippen molar-refractivity contribution in [3.8, 4) is 0 Å². The summed E-state index contributed by atoms with van der Waals surface area (Å²) in [5, 5.41) is 3.86. The third kappa shape index (κ3) is 2.43. The van der Waals surface area contributed by atoms with E-state index in [4.69, 9.17) is 0 Å². The molecule has 5 atom stereocenters. The van der Waals surface area contributed by atoms with Gasteiger partial charge in [-0.3, -0.25) is 4.90 Å². The van der Waals surface area contributed by atoms with E-state index in [9.17, 15) is 0 Å². The van der Waals surface area contributed by atoms with Gasteiger partial charge in [0, 0.05) is 31.2 Å². The Labute approximate surface area is 124 Å². The van der Waals surface area contributed by atoms with Crippen LogP contribution >= 0.6 is 0 Å². The number of nitrogens with one attached hydrogen (secondary N) is 1. The molecule has 4 rings (SSSR count). The zero-order chi connectivity index (χ0) is 13.7. The predicted molar refractivity (Wildman–Crippen MR) is 83.7 cm³/mol. The number of fused-ring (bicyclic) bond motifs is 2. The van der Waals surface area contributed by atoms with E-state index >= 15 is 0 Å². The summed E-state index contributed by atoms with van der Waals surface area (Å²) in [5.74, 6) is 4.24. The van der Waals surface area contributed by atoms with Crippen molar-refractivity contribution in [1.29, 1.82) is 0 Å². The SMILES string of the molecule is CCC1(C)CN(CC2CC3CCC2C3)C(C2CC2)CN1. The summed E-state index contributed by atoms with van der Waals surface area (Å²) in [6, 6.07) is 0.855. The lowest BCUT2D eigenvalue weighted by Crippen LogP contribution is -2.64. The average Bonchev–Trinajstić information content (AvgIpc) is 3.07. The predicted octanol–water partition coefficient (Wildman–Crippen LogP) is 3.28. The number of rotatable bonds is 4. The molecule has 2 bridgehead atoms. The van der Waals surface area contributed by atoms with Crippen LogP contribution in [0, 0.1) is 23.7 Å². The number of piperazine rings is 1. The summed E-state index contributed by atoms with van der Waals surface area (Å²) in [6.45, 7) is 8.73. The maximum atomic E-state index is 3.86. The quantitative estimate of drug-likeness (QED) is 0.848. The Morgan fingerprint density at radius 1 is 1.10 bits per heavy atom. The first kappa shape index (κ1) is 13.6. The van der Waals surface area contributed by atoms with Crippen LogP contribution in [0.15, 0.2) is 0 Å². The molecule has 20 heavy (non-hydrogen) atoms. The molecule has 2 nitrogen and oxygen atoms in total. The van der Waals surface area contributed by atoms with Crippen LogP contribution in [0.4, 0.5) is 0 Å². The van der Waals surface area contributed by atoms with Gasteiger partial charge in [-0.05, 0) is 69.1 Å². The second-order valence-corrected chi connectivity index (χ2v) is 8.56. The first-order valence-corrected chi connectivity index (χ1v) is 9.16. The van der Waals surface area contributed by atoms with Crippen LogP contribution in [0.2, 0.25) is 0 Å². The van der Waals surface area contributed by atoms with Crippen molar-refractivity contribution >= 4 is 0 Å². The highest BCUT2D eigenvalue weighted by atomic mass is 15.3. The maximum Gasteiger partial charge on any atom is 0.0278 e. The van der Waals surface area contributed by atoms with Gasteiger partial charge in [-0.1, -0.05) is 13.3 Å². The maximum absolute atomic E-state index is 3.86. The highest BCUT2D eigenvalue weighted by Crippen LogP contribution is 2.49. The van der Waals surface area contributed by atoms with Gasteiger partial charge in [0.05, 0.1) is 0 Å². The van der Waals surface area contributed by atoms with Crippen molar-refractivity contribution in [2.75, 3.05) is 19.6 Å². The van der Waals surface area contributed by atoms with Crippen LogP contribution in [0.1, 0.15) is 58.8 Å². The van der Waals surface area contributed by atoms with E-state index in [2.05, 4.69) is 24.1 Å². The molecule has 1 aliphatic heterocycles. The van der Waals surface area contributed by atoms with Crippen LogP contribution in [0.25, 0.3) is 0 Å². The molecule has 114 valence electrons. The van der Waals surface area contributed by atoms with Crippen molar-refractivity contribution in [1.82, 2.24) is 10.2 Å². The zero-order valence-corrected chi connectivity index (χ0v) is 13.4. The first-order chi connectivity index (χ1) is 9.67. The van der Waals surface area contributed by atoms with Crippen LogP contribution in [0.5, 0.6) is 0 Å². The standard InChI is InChI=1S/C18H32N2/c1-3-18(2)12-20(17(10-19-18)14-6-7-14)11-16-9-13-4-5-15(16)8-13/h13-17,19H,3-12H2,1-2H3. The lowest BCUT2D eigenvalue weighted by atomic mass is 9.86. The first-order valence-electron chi connectivity index (χ1n) is 9.16. The molecule has 0 aromatic rings. The van der Waals surface area contributed by atoms with E-state index < -0.39 is 0 Å². The fourth-order valence-electron chi connectivity index (χ4n) is 5.39. The van der Waals surface area contributed by atoms with Gasteiger partial charge in [0.25, 0.3) is 0 Å². The molecule has 0 aromatic heterocycles. The van der Waals surface area contributed by atoms with E-state index in [0.29, 0.717) is 5.54 Å². The van der Waals surface area contributed by atoms with Crippen molar-refractivity contribution in [2.24, 2.45) is 23.7 Å². The molecule has 3 saturated carbocycles. The third-order valence-electron chi connectivity index (χ3n) is 7.06. The number of hydrogen-bond acceptors (Lipinski definition) is 2. The van der Waals surface area contributed by atoms with E-state index in [1.165, 1.54) is 38.9 Å². The second kappa shape index (κ2) is 4.98. The minimum Gasteiger partial charge on any atom is -0.309 e. The fourth-order valence-corrected chi connectivity index (χ4v) is 5.39. The van der Waals surface area contributed by atoms with Crippen LogP contribution in [0.3, 0.4) is 0 Å². The van der Waals surface area contributed by atoms with E-state index in [0.717, 1.165) is 29.7 Å². The Morgan fingerprint density at radius 3 is 2.50 bits per heavy atom. The van der Waals surface area contributed by atoms with E-state index in [-0.39, 0.29) is 0 Å². The van der Waals surface area contributed by atoms with Gasteiger partial charge in [0.15, 0.2) is 0 Å². The van der Waals surface area contributed by atoms with Crippen molar-refractivity contribution in [3.63, 3.8) is 0 Å². The number of hydrogen-bond donors (Lipinski definition) is 1. The summed E-state index contributed by atoms with van der Waals surface area (Å²) in [5.41, 5.74) is 0.364. The smallest absolute Gasteiger partial charge is 0.0278 e. The summed E-state index contributed by atoms with van der Waals surface area (Å²) in [4.78, 5) is 2.92. The van der Waals surface area contributed by atoms with Gasteiger partial charge in [0.2, 0.25) is 0 Å². The Morgan fingerprint density at radius 2 is 1.90 bits per heavy atom. The molecular formula is C18H32N2. The van der Waals surface area contributed by atoms with Gasteiger partial charge in [0.1, 0.15) is 0 Å². The van der Waals surface area contributed by atoms with Gasteiger partial charge < -0.3 is 5.32 Å². The molecule has 1 saturated heterocycles. The monoisotopic (exact) mass is 276 g/mol. The Kier molecular flexibility index (Phi) is 3.38. The Hall–Kier alpha value is -0.0800. The van der Waals surface area contributed by atoms with Gasteiger partial charge in [-0.2, -0.15) is 0 Å². The van der Waals surface area contributed by atoms with Crippen molar-refractivity contribution in [3.05, 3.63) is 0 Å². The molecule has 1 N–H and O–H groups in total. The van der Waals surface area contributed by atoms with Crippen LogP contribution in [-0.4, -0.2) is 36.1 Å². The molecule has 4 aliphatic rings. The second-order valence-electron chi connectivity index (χ2n) is 8.56. The fraction of sp³-hybridized carbons (Fsp3) is 1.00. The molecule has 4 fully saturated rings. The van der Waals surface area contributed by atoms with Gasteiger partial charge in [-0.15, -0.1) is 0 Å². The molecule has 3 aliphatic carbocycles. The summed E-state index contributed by atoms with van der Waals surface area (Å²) in [7, 11) is 0. The molecule has 5 unspecified atom stereocenters. The van der Waals surface area contributed by atoms with Crippen molar-refractivity contribution in [2.45, 2.75) is 70.4 Å². The zero-order valence-electron chi connectivity index (χ0n) is 13.4. The summed E-state index contributed by atoms with van der Waals surface area (Å²) >= 11 is 0. The Balaban J connectivity index is 1.44. The highest BCUT2D eigenvalue weighted by Gasteiger charge is 2.45. The summed E-state index contributed by atoms with van der Waals surface area (Å²) < 4.78 is 0. The van der Waals surface area contributed by atoms with Crippen LogP contribution in [-0.2, 0) is 0 Å². The normalized spacial score (nSPS) is 48.9. The Bertz CT molecular complexity index is 364.